The number of aryl methyl sites for hydroxylation is 1. The van der Waals surface area contributed by atoms with Crippen molar-refractivity contribution in [3.8, 4) is 0 Å². The van der Waals surface area contributed by atoms with E-state index in [0.29, 0.717) is 32.9 Å². The van der Waals surface area contributed by atoms with Crippen molar-refractivity contribution in [2.24, 2.45) is 0 Å². The first-order valence-electron chi connectivity index (χ1n) is 14.9. The second-order valence-electron chi connectivity index (χ2n) is 10.9. The summed E-state index contributed by atoms with van der Waals surface area (Å²) in [7, 11) is -4.24. The molecular weight excluding hydrogens is 665 g/mol. The molecule has 0 radical (unpaired) electrons. The van der Waals surface area contributed by atoms with E-state index in [9.17, 15) is 18.0 Å². The number of carbonyl (C=O) groups excluding carboxylic acids is 2. The molecule has 1 atom stereocenters. The summed E-state index contributed by atoms with van der Waals surface area (Å²) in [5.74, 6) is -0.935. The third-order valence-corrected chi connectivity index (χ3v) is 10.1. The van der Waals surface area contributed by atoms with E-state index in [2.05, 4.69) is 5.32 Å². The van der Waals surface area contributed by atoms with Crippen LogP contribution in [0.1, 0.15) is 36.5 Å². The van der Waals surface area contributed by atoms with Gasteiger partial charge in [0.05, 0.1) is 10.6 Å². The zero-order chi connectivity index (χ0) is 33.3. The third kappa shape index (κ3) is 9.26. The Kier molecular flexibility index (Phi) is 12.5. The van der Waals surface area contributed by atoms with Crippen LogP contribution >= 0.6 is 34.8 Å². The molecule has 4 aromatic carbocycles. The Bertz CT molecular complexity index is 1750. The summed E-state index contributed by atoms with van der Waals surface area (Å²) in [4.78, 5) is 29.8. The van der Waals surface area contributed by atoms with Gasteiger partial charge in [0.1, 0.15) is 12.6 Å². The van der Waals surface area contributed by atoms with Crippen LogP contribution in [0.5, 0.6) is 0 Å². The van der Waals surface area contributed by atoms with Gasteiger partial charge in [0.2, 0.25) is 11.8 Å². The van der Waals surface area contributed by atoms with E-state index in [-0.39, 0.29) is 23.8 Å². The molecule has 46 heavy (non-hydrogen) atoms. The molecule has 11 heteroatoms. The lowest BCUT2D eigenvalue weighted by atomic mass is 10.0. The first-order valence-corrected chi connectivity index (χ1v) is 17.5. The lowest BCUT2D eigenvalue weighted by Crippen LogP contribution is -2.53. The molecule has 0 aromatic heterocycles. The lowest BCUT2D eigenvalue weighted by molar-refractivity contribution is -0.140. The van der Waals surface area contributed by atoms with Gasteiger partial charge in [0, 0.05) is 34.6 Å². The number of nitrogens with one attached hydrogen (secondary N) is 1. The standard InChI is InChI=1S/C35H36Cl3N3O4S/c1-3-4-19-39-35(43)33(21-26-10-6-5-7-11-26)40(23-27-13-14-29(37)22-32(27)38)34(42)24-41(30-12-8-9-25(2)20-30)46(44,45)31-17-15-28(36)16-18-31/h5-18,20,22,33H,3-4,19,21,23-24H2,1-2H3,(H,39,43). The van der Waals surface area contributed by atoms with Gasteiger partial charge in [-0.2, -0.15) is 0 Å². The molecule has 242 valence electrons. The van der Waals surface area contributed by atoms with Gasteiger partial charge in [-0.25, -0.2) is 8.42 Å². The molecule has 0 heterocycles. The number of unbranched alkanes of at least 4 members (excludes halogenated alkanes) is 1. The van der Waals surface area contributed by atoms with E-state index in [1.165, 1.54) is 29.2 Å². The van der Waals surface area contributed by atoms with E-state index < -0.39 is 28.5 Å². The van der Waals surface area contributed by atoms with Gasteiger partial charge >= 0.3 is 0 Å². The molecule has 0 aliphatic carbocycles. The molecule has 1 unspecified atom stereocenters. The first kappa shape index (κ1) is 35.3. The summed E-state index contributed by atoms with van der Waals surface area (Å²) in [6, 6.07) is 26.0. The van der Waals surface area contributed by atoms with Crippen LogP contribution in [0, 0.1) is 6.92 Å². The number of halogens is 3. The maximum Gasteiger partial charge on any atom is 0.264 e. The number of amides is 2. The van der Waals surface area contributed by atoms with Gasteiger partial charge in [-0.05, 0) is 78.6 Å². The van der Waals surface area contributed by atoms with E-state index in [4.69, 9.17) is 34.8 Å². The molecule has 1 N–H and O–H groups in total. The number of rotatable bonds is 14. The number of nitrogens with zero attached hydrogens (tertiary/aromatic N) is 2. The highest BCUT2D eigenvalue weighted by atomic mass is 35.5. The van der Waals surface area contributed by atoms with Crippen LogP contribution in [0.3, 0.4) is 0 Å². The Morgan fingerprint density at radius 2 is 1.54 bits per heavy atom. The molecule has 7 nitrogen and oxygen atoms in total. The lowest BCUT2D eigenvalue weighted by Gasteiger charge is -2.34. The number of carbonyl (C=O) groups is 2. The summed E-state index contributed by atoms with van der Waals surface area (Å²) in [5.41, 5.74) is 2.51. The number of anilines is 1. The molecule has 0 spiro atoms. The van der Waals surface area contributed by atoms with Crippen molar-refractivity contribution in [1.29, 1.82) is 0 Å². The third-order valence-electron chi connectivity index (χ3n) is 7.43. The second kappa shape index (κ2) is 16.3. The molecule has 0 aliphatic heterocycles. The molecular formula is C35H36Cl3N3O4S. The Labute approximate surface area is 286 Å². The Morgan fingerprint density at radius 1 is 0.848 bits per heavy atom. The second-order valence-corrected chi connectivity index (χ2v) is 14.1. The quantitative estimate of drug-likeness (QED) is 0.137. The van der Waals surface area contributed by atoms with Crippen LogP contribution < -0.4 is 9.62 Å². The minimum atomic E-state index is -4.24. The van der Waals surface area contributed by atoms with Gasteiger partial charge in [0.25, 0.3) is 10.0 Å². The molecule has 0 fully saturated rings. The highest BCUT2D eigenvalue weighted by Crippen LogP contribution is 2.28. The minimum absolute atomic E-state index is 0.0309. The van der Waals surface area contributed by atoms with Crippen LogP contribution in [-0.4, -0.2) is 44.3 Å². The number of sulfonamides is 1. The molecule has 4 rings (SSSR count). The monoisotopic (exact) mass is 699 g/mol. The number of benzene rings is 4. The Morgan fingerprint density at radius 3 is 2.20 bits per heavy atom. The summed E-state index contributed by atoms with van der Waals surface area (Å²) < 4.78 is 29.3. The highest BCUT2D eigenvalue weighted by molar-refractivity contribution is 7.92. The van der Waals surface area contributed by atoms with Crippen LogP contribution in [0.4, 0.5) is 5.69 Å². The van der Waals surface area contributed by atoms with Crippen LogP contribution in [0.25, 0.3) is 0 Å². The van der Waals surface area contributed by atoms with Crippen molar-refractivity contribution in [2.45, 2.75) is 50.6 Å². The van der Waals surface area contributed by atoms with E-state index in [1.807, 2.05) is 50.2 Å². The Hall–Kier alpha value is -3.56. The molecule has 4 aromatic rings. The average molecular weight is 701 g/mol. The average Bonchev–Trinajstić information content (AvgIpc) is 3.03. The fourth-order valence-electron chi connectivity index (χ4n) is 4.94. The molecule has 0 saturated heterocycles. The molecule has 2 amide bonds. The van der Waals surface area contributed by atoms with Crippen molar-refractivity contribution >= 4 is 62.3 Å². The van der Waals surface area contributed by atoms with Crippen LogP contribution in [-0.2, 0) is 32.6 Å². The van der Waals surface area contributed by atoms with Crippen LogP contribution in [0.15, 0.2) is 102 Å². The van der Waals surface area contributed by atoms with Crippen molar-refractivity contribution in [3.63, 3.8) is 0 Å². The van der Waals surface area contributed by atoms with E-state index in [0.717, 1.165) is 28.3 Å². The molecule has 0 aliphatic rings. The van der Waals surface area contributed by atoms with Gasteiger partial charge < -0.3 is 10.2 Å². The fraction of sp³-hybridized carbons (Fsp3) is 0.257. The van der Waals surface area contributed by atoms with Gasteiger partial charge in [-0.1, -0.05) is 96.7 Å². The van der Waals surface area contributed by atoms with E-state index in [1.54, 1.807) is 36.4 Å². The van der Waals surface area contributed by atoms with Gasteiger partial charge in [-0.15, -0.1) is 0 Å². The van der Waals surface area contributed by atoms with Gasteiger partial charge in [-0.3, -0.25) is 13.9 Å². The summed E-state index contributed by atoms with van der Waals surface area (Å²) in [6.45, 7) is 3.66. The number of hydrogen-bond donors (Lipinski definition) is 1. The summed E-state index contributed by atoms with van der Waals surface area (Å²) in [6.07, 6.45) is 1.84. The fourth-order valence-corrected chi connectivity index (χ4v) is 6.94. The predicted octanol–water partition coefficient (Wildman–Crippen LogP) is 7.71. The van der Waals surface area contributed by atoms with E-state index >= 15 is 0 Å². The van der Waals surface area contributed by atoms with Crippen molar-refractivity contribution < 1.29 is 18.0 Å². The van der Waals surface area contributed by atoms with Crippen molar-refractivity contribution in [1.82, 2.24) is 10.2 Å². The highest BCUT2D eigenvalue weighted by Gasteiger charge is 2.35. The Balaban J connectivity index is 1.81. The summed E-state index contributed by atoms with van der Waals surface area (Å²) >= 11 is 18.8. The summed E-state index contributed by atoms with van der Waals surface area (Å²) in [5, 5.41) is 4.09. The smallest absolute Gasteiger partial charge is 0.264 e. The zero-order valence-electron chi connectivity index (χ0n) is 25.6. The number of hydrogen-bond acceptors (Lipinski definition) is 4. The SMILES string of the molecule is CCCCNC(=O)C(Cc1ccccc1)N(Cc1ccc(Cl)cc1Cl)C(=O)CN(c1cccc(C)c1)S(=O)(=O)c1ccc(Cl)cc1. The molecule has 0 bridgehead atoms. The van der Waals surface area contributed by atoms with Crippen LogP contribution in [0.2, 0.25) is 15.1 Å². The molecule has 0 saturated carbocycles. The van der Waals surface area contributed by atoms with Crippen molar-refractivity contribution in [2.75, 3.05) is 17.4 Å². The largest absolute Gasteiger partial charge is 0.354 e. The van der Waals surface area contributed by atoms with Gasteiger partial charge in [0.15, 0.2) is 0 Å². The predicted molar refractivity (Wildman–Crippen MR) is 186 cm³/mol. The normalized spacial score (nSPS) is 11.9. The topological polar surface area (TPSA) is 86.8 Å². The minimum Gasteiger partial charge on any atom is -0.354 e. The van der Waals surface area contributed by atoms with Crippen molar-refractivity contribution in [3.05, 3.63) is 129 Å². The zero-order valence-corrected chi connectivity index (χ0v) is 28.7. The first-order chi connectivity index (χ1) is 22.0. The maximum absolute atomic E-state index is 14.5. The maximum atomic E-state index is 14.5.